The minimum atomic E-state index is -0.266. The van der Waals surface area contributed by atoms with E-state index in [9.17, 15) is 4.79 Å². The lowest BCUT2D eigenvalue weighted by atomic mass is 10.2. The van der Waals surface area contributed by atoms with Crippen LogP contribution in [0.15, 0.2) is 33.8 Å². The van der Waals surface area contributed by atoms with Gasteiger partial charge >= 0.3 is 0 Å². The highest BCUT2D eigenvalue weighted by molar-refractivity contribution is 9.10. The van der Waals surface area contributed by atoms with Gasteiger partial charge in [0.05, 0.1) is 0 Å². The van der Waals surface area contributed by atoms with E-state index in [4.69, 9.17) is 4.74 Å². The molecule has 0 radical (unpaired) electrons. The Balaban J connectivity index is 2.25. The number of nitrogens with zero attached hydrogens (tertiary/aromatic N) is 1. The summed E-state index contributed by atoms with van der Waals surface area (Å²) < 4.78 is 6.26. The molecule has 0 saturated carbocycles. The van der Waals surface area contributed by atoms with Crippen LogP contribution in [0, 0.1) is 5.92 Å². The highest BCUT2D eigenvalue weighted by Gasteiger charge is 2.01. The van der Waals surface area contributed by atoms with Gasteiger partial charge in [-0.15, -0.1) is 0 Å². The number of hydrogen-bond donors (Lipinski definition) is 1. The van der Waals surface area contributed by atoms with Gasteiger partial charge in [-0.05, 0) is 36.6 Å². The summed E-state index contributed by atoms with van der Waals surface area (Å²) in [5.41, 5.74) is 2.42. The molecule has 0 fully saturated rings. The van der Waals surface area contributed by atoms with Crippen LogP contribution in [0.5, 0.6) is 5.75 Å². The number of nitrogens with one attached hydrogen (secondary N) is 1. The van der Waals surface area contributed by atoms with E-state index in [0.717, 1.165) is 10.9 Å². The number of hydrazone groups is 1. The van der Waals surface area contributed by atoms with Crippen LogP contribution in [0.1, 0.15) is 20.3 Å². The van der Waals surface area contributed by atoms with Crippen molar-refractivity contribution in [3.8, 4) is 5.75 Å². The fraction of sp³-hybridized carbons (Fsp3) is 0.385. The number of amides is 1. The molecule has 5 heteroatoms. The molecule has 1 N–H and O–H groups in total. The van der Waals surface area contributed by atoms with Gasteiger partial charge in [-0.3, -0.25) is 4.79 Å². The number of ether oxygens (including phenoxy) is 1. The normalized spacial score (nSPS) is 10.9. The molecule has 0 aliphatic heterocycles. The van der Waals surface area contributed by atoms with Gasteiger partial charge in [0.25, 0.3) is 5.91 Å². The van der Waals surface area contributed by atoms with Crippen LogP contribution in [0.25, 0.3) is 0 Å². The molecule has 1 aromatic rings. The van der Waals surface area contributed by atoms with Crippen LogP contribution in [0.3, 0.4) is 0 Å². The van der Waals surface area contributed by atoms with Crippen LogP contribution in [0.4, 0.5) is 0 Å². The van der Waals surface area contributed by atoms with Crippen molar-refractivity contribution in [2.24, 2.45) is 11.0 Å². The molecule has 0 bridgehead atoms. The van der Waals surface area contributed by atoms with Crippen LogP contribution in [-0.2, 0) is 4.79 Å². The Morgan fingerprint density at radius 2 is 2.11 bits per heavy atom. The average molecular weight is 313 g/mol. The van der Waals surface area contributed by atoms with E-state index in [1.165, 1.54) is 0 Å². The van der Waals surface area contributed by atoms with Crippen molar-refractivity contribution < 1.29 is 9.53 Å². The summed E-state index contributed by atoms with van der Waals surface area (Å²) in [6, 6.07) is 7.29. The Hall–Kier alpha value is -1.36. The zero-order valence-corrected chi connectivity index (χ0v) is 12.1. The zero-order chi connectivity index (χ0) is 13.4. The molecule has 0 spiro atoms. The summed E-state index contributed by atoms with van der Waals surface area (Å²) in [5.74, 6) is 0.919. The largest absolute Gasteiger partial charge is 0.484 e. The molecule has 0 unspecified atom stereocenters. The third-order valence-corrected chi connectivity index (χ3v) is 2.57. The van der Waals surface area contributed by atoms with Crippen LogP contribution in [0.2, 0.25) is 0 Å². The zero-order valence-electron chi connectivity index (χ0n) is 10.5. The molecule has 1 rings (SSSR count). The van der Waals surface area contributed by atoms with E-state index in [1.807, 2.05) is 12.1 Å². The first kappa shape index (κ1) is 14.7. The Kier molecular flexibility index (Phi) is 6.43. The van der Waals surface area contributed by atoms with Gasteiger partial charge < -0.3 is 4.74 Å². The fourth-order valence-electron chi connectivity index (χ4n) is 1.09. The lowest BCUT2D eigenvalue weighted by Crippen LogP contribution is -2.24. The SMILES string of the molecule is CC(C)C/C=N/NC(=O)COc1ccc(Br)cc1. The lowest BCUT2D eigenvalue weighted by molar-refractivity contribution is -0.123. The predicted octanol–water partition coefficient (Wildman–Crippen LogP) is 2.98. The van der Waals surface area contributed by atoms with Crippen LogP contribution < -0.4 is 10.2 Å². The molecule has 0 aliphatic rings. The molecular formula is C13H17BrN2O2. The van der Waals surface area contributed by atoms with E-state index < -0.39 is 0 Å². The van der Waals surface area contributed by atoms with E-state index in [1.54, 1.807) is 18.3 Å². The molecule has 0 atom stereocenters. The summed E-state index contributed by atoms with van der Waals surface area (Å²) in [5, 5.41) is 3.83. The maximum atomic E-state index is 11.4. The molecule has 0 aromatic heterocycles. The van der Waals surface area contributed by atoms with Crippen LogP contribution in [-0.4, -0.2) is 18.7 Å². The van der Waals surface area contributed by atoms with Gasteiger partial charge in [-0.1, -0.05) is 29.8 Å². The smallest absolute Gasteiger partial charge is 0.277 e. The molecule has 1 aromatic carbocycles. The third-order valence-electron chi connectivity index (χ3n) is 2.04. The van der Waals surface area contributed by atoms with Crippen molar-refractivity contribution in [1.29, 1.82) is 0 Å². The molecule has 18 heavy (non-hydrogen) atoms. The van der Waals surface area contributed by atoms with Crippen molar-refractivity contribution in [1.82, 2.24) is 5.43 Å². The van der Waals surface area contributed by atoms with Gasteiger partial charge in [0.15, 0.2) is 6.61 Å². The average Bonchev–Trinajstić information content (AvgIpc) is 2.34. The lowest BCUT2D eigenvalue weighted by Gasteiger charge is -2.04. The highest BCUT2D eigenvalue weighted by atomic mass is 79.9. The monoisotopic (exact) mass is 312 g/mol. The minimum absolute atomic E-state index is 0.0410. The Morgan fingerprint density at radius 1 is 1.44 bits per heavy atom. The second-order valence-electron chi connectivity index (χ2n) is 4.22. The Labute approximate surface area is 116 Å². The summed E-state index contributed by atoms with van der Waals surface area (Å²) in [4.78, 5) is 11.4. The third kappa shape index (κ3) is 6.39. The van der Waals surface area contributed by atoms with E-state index in [0.29, 0.717) is 11.7 Å². The van der Waals surface area contributed by atoms with Crippen molar-refractivity contribution in [3.63, 3.8) is 0 Å². The van der Waals surface area contributed by atoms with Gasteiger partial charge in [0, 0.05) is 10.7 Å². The Bertz CT molecular complexity index is 402. The topological polar surface area (TPSA) is 50.7 Å². The number of halogens is 1. The number of benzene rings is 1. The summed E-state index contributed by atoms with van der Waals surface area (Å²) >= 11 is 3.33. The quantitative estimate of drug-likeness (QED) is 0.648. The molecule has 1 amide bonds. The van der Waals surface area contributed by atoms with E-state index >= 15 is 0 Å². The molecular weight excluding hydrogens is 296 g/mol. The maximum absolute atomic E-state index is 11.4. The van der Waals surface area contributed by atoms with Crippen molar-refractivity contribution in [2.45, 2.75) is 20.3 Å². The molecule has 98 valence electrons. The van der Waals surface area contributed by atoms with Gasteiger partial charge in [-0.25, -0.2) is 5.43 Å². The number of carbonyl (C=O) groups excluding carboxylic acids is 1. The molecule has 4 nitrogen and oxygen atoms in total. The number of rotatable bonds is 6. The second kappa shape index (κ2) is 7.87. The second-order valence-corrected chi connectivity index (χ2v) is 5.13. The molecule has 0 aliphatic carbocycles. The van der Waals surface area contributed by atoms with Crippen molar-refractivity contribution in [3.05, 3.63) is 28.7 Å². The van der Waals surface area contributed by atoms with Gasteiger partial charge in [-0.2, -0.15) is 5.10 Å². The number of hydrogen-bond acceptors (Lipinski definition) is 3. The summed E-state index contributed by atoms with van der Waals surface area (Å²) in [6.07, 6.45) is 2.54. The van der Waals surface area contributed by atoms with Crippen LogP contribution >= 0.6 is 15.9 Å². The van der Waals surface area contributed by atoms with E-state index in [2.05, 4.69) is 40.3 Å². The first-order valence-corrected chi connectivity index (χ1v) is 6.56. The Morgan fingerprint density at radius 3 is 2.72 bits per heavy atom. The van der Waals surface area contributed by atoms with Crippen molar-refractivity contribution in [2.75, 3.05) is 6.61 Å². The van der Waals surface area contributed by atoms with Gasteiger partial charge in [0.2, 0.25) is 0 Å². The first-order chi connectivity index (χ1) is 8.58. The maximum Gasteiger partial charge on any atom is 0.277 e. The number of carbonyl (C=O) groups is 1. The fourth-order valence-corrected chi connectivity index (χ4v) is 1.36. The standard InChI is InChI=1S/C13H17BrN2O2/c1-10(2)7-8-15-16-13(17)9-18-12-5-3-11(14)4-6-12/h3-6,8,10H,7,9H2,1-2H3,(H,16,17)/b15-8+. The van der Waals surface area contributed by atoms with E-state index in [-0.39, 0.29) is 12.5 Å². The highest BCUT2D eigenvalue weighted by Crippen LogP contribution is 2.15. The first-order valence-electron chi connectivity index (χ1n) is 5.76. The molecule has 0 saturated heterocycles. The summed E-state index contributed by atoms with van der Waals surface area (Å²) in [6.45, 7) is 4.13. The van der Waals surface area contributed by atoms with Gasteiger partial charge in [0.1, 0.15) is 5.75 Å². The summed E-state index contributed by atoms with van der Waals surface area (Å²) in [7, 11) is 0. The predicted molar refractivity (Wildman–Crippen MR) is 75.7 cm³/mol. The van der Waals surface area contributed by atoms with Crippen molar-refractivity contribution >= 4 is 28.1 Å². The minimum Gasteiger partial charge on any atom is -0.484 e. The molecule has 0 heterocycles.